The first kappa shape index (κ1) is 15.0. The zero-order valence-corrected chi connectivity index (χ0v) is 13.7. The van der Waals surface area contributed by atoms with Crippen LogP contribution in [0.1, 0.15) is 30.9 Å². The van der Waals surface area contributed by atoms with Crippen LogP contribution in [0, 0.1) is 0 Å². The van der Waals surface area contributed by atoms with Gasteiger partial charge in [-0.05, 0) is 37.0 Å². The average molecular weight is 322 g/mol. The number of aromatic amines is 1. The van der Waals surface area contributed by atoms with E-state index in [0.717, 1.165) is 37.9 Å². The molecule has 1 fully saturated rings. The van der Waals surface area contributed by atoms with Crippen LogP contribution >= 0.6 is 0 Å². The van der Waals surface area contributed by atoms with Crippen LogP contribution in [0.2, 0.25) is 0 Å². The van der Waals surface area contributed by atoms with Crippen molar-refractivity contribution in [3.63, 3.8) is 0 Å². The number of piperidine rings is 1. The number of carbonyl (C=O) groups is 1. The molecule has 0 radical (unpaired) electrons. The molecule has 1 aromatic carbocycles. The Labute approximate surface area is 141 Å². The van der Waals surface area contributed by atoms with Crippen LogP contribution in [-0.2, 0) is 11.2 Å². The molecule has 124 valence electrons. The molecule has 24 heavy (non-hydrogen) atoms. The van der Waals surface area contributed by atoms with E-state index >= 15 is 0 Å². The van der Waals surface area contributed by atoms with Gasteiger partial charge >= 0.3 is 0 Å². The van der Waals surface area contributed by atoms with E-state index in [1.165, 1.54) is 10.9 Å². The first-order valence-corrected chi connectivity index (χ1v) is 8.63. The number of nitrogens with one attached hydrogen (secondary N) is 1. The smallest absolute Gasteiger partial charge is 0.222 e. The summed E-state index contributed by atoms with van der Waals surface area (Å²) in [6.45, 7) is 1.64. The average Bonchev–Trinajstić information content (AvgIpc) is 3.30. The van der Waals surface area contributed by atoms with Gasteiger partial charge in [0, 0.05) is 49.0 Å². The SMILES string of the molecule is O=C(CCc1c[nH]c2ccccc12)N1CCC[C@H](n2cccn2)C1. The summed E-state index contributed by atoms with van der Waals surface area (Å²) in [5, 5.41) is 5.55. The standard InChI is InChI=1S/C19H22N4O/c24-19(9-8-15-13-20-18-7-2-1-6-17(15)18)22-11-3-5-16(14-22)23-12-4-10-21-23/h1-2,4,6-7,10,12-13,16,20H,3,5,8-9,11,14H2/t16-/m0/s1. The van der Waals surface area contributed by atoms with Crippen LogP contribution in [0.15, 0.2) is 48.9 Å². The van der Waals surface area contributed by atoms with E-state index in [1.54, 1.807) is 6.20 Å². The van der Waals surface area contributed by atoms with Crippen LogP contribution < -0.4 is 0 Å². The number of carbonyl (C=O) groups excluding carboxylic acids is 1. The fourth-order valence-corrected chi connectivity index (χ4v) is 3.63. The summed E-state index contributed by atoms with van der Waals surface area (Å²) in [5.41, 5.74) is 2.36. The summed E-state index contributed by atoms with van der Waals surface area (Å²) in [7, 11) is 0. The number of rotatable bonds is 4. The molecule has 1 atom stereocenters. The predicted octanol–water partition coefficient (Wildman–Crippen LogP) is 3.16. The Balaban J connectivity index is 1.39. The lowest BCUT2D eigenvalue weighted by Gasteiger charge is -2.33. The molecule has 1 aliphatic heterocycles. The number of fused-ring (bicyclic) bond motifs is 1. The van der Waals surface area contributed by atoms with Crippen molar-refractivity contribution >= 4 is 16.8 Å². The highest BCUT2D eigenvalue weighted by Crippen LogP contribution is 2.23. The fraction of sp³-hybridized carbons (Fsp3) is 0.368. The first-order valence-electron chi connectivity index (χ1n) is 8.63. The van der Waals surface area contributed by atoms with Gasteiger partial charge in [0.2, 0.25) is 5.91 Å². The first-order chi connectivity index (χ1) is 11.8. The molecule has 0 bridgehead atoms. The largest absolute Gasteiger partial charge is 0.361 e. The number of nitrogens with zero attached hydrogens (tertiary/aromatic N) is 3. The van der Waals surface area contributed by atoms with Crippen molar-refractivity contribution in [2.75, 3.05) is 13.1 Å². The van der Waals surface area contributed by atoms with Gasteiger partial charge in [0.05, 0.1) is 6.04 Å². The second-order valence-electron chi connectivity index (χ2n) is 6.48. The lowest BCUT2D eigenvalue weighted by atomic mass is 10.0. The van der Waals surface area contributed by atoms with E-state index in [-0.39, 0.29) is 5.91 Å². The van der Waals surface area contributed by atoms with Crippen LogP contribution in [0.25, 0.3) is 10.9 Å². The third kappa shape index (κ3) is 2.94. The van der Waals surface area contributed by atoms with Crippen molar-refractivity contribution < 1.29 is 4.79 Å². The maximum absolute atomic E-state index is 12.6. The Bertz CT molecular complexity index is 821. The highest BCUT2D eigenvalue weighted by atomic mass is 16.2. The minimum absolute atomic E-state index is 0.247. The van der Waals surface area contributed by atoms with Gasteiger partial charge in [0.1, 0.15) is 0 Å². The lowest BCUT2D eigenvalue weighted by molar-refractivity contribution is -0.132. The molecule has 0 aliphatic carbocycles. The maximum atomic E-state index is 12.6. The van der Waals surface area contributed by atoms with Gasteiger partial charge < -0.3 is 9.88 Å². The number of likely N-dealkylation sites (tertiary alicyclic amines) is 1. The minimum Gasteiger partial charge on any atom is -0.361 e. The van der Waals surface area contributed by atoms with Crippen molar-refractivity contribution in [2.24, 2.45) is 0 Å². The van der Waals surface area contributed by atoms with Gasteiger partial charge in [-0.1, -0.05) is 18.2 Å². The molecule has 1 saturated heterocycles. The van der Waals surface area contributed by atoms with Gasteiger partial charge in [-0.15, -0.1) is 0 Å². The van der Waals surface area contributed by atoms with Crippen LogP contribution in [0.3, 0.4) is 0 Å². The lowest BCUT2D eigenvalue weighted by Crippen LogP contribution is -2.40. The molecule has 0 unspecified atom stereocenters. The summed E-state index contributed by atoms with van der Waals surface area (Å²) in [6, 6.07) is 10.5. The monoisotopic (exact) mass is 322 g/mol. The van der Waals surface area contributed by atoms with Gasteiger partial charge in [0.15, 0.2) is 0 Å². The van der Waals surface area contributed by atoms with Crippen molar-refractivity contribution in [3.8, 4) is 0 Å². The Morgan fingerprint density at radius 2 is 2.21 bits per heavy atom. The molecule has 3 heterocycles. The van der Waals surface area contributed by atoms with Gasteiger partial charge in [-0.25, -0.2) is 0 Å². The summed E-state index contributed by atoms with van der Waals surface area (Å²) >= 11 is 0. The maximum Gasteiger partial charge on any atom is 0.222 e. The second-order valence-corrected chi connectivity index (χ2v) is 6.48. The number of H-pyrrole nitrogens is 1. The molecule has 1 N–H and O–H groups in total. The summed E-state index contributed by atoms with van der Waals surface area (Å²) in [5.74, 6) is 0.247. The Kier molecular flexibility index (Phi) is 4.07. The number of amides is 1. The van der Waals surface area contributed by atoms with Crippen molar-refractivity contribution in [1.82, 2.24) is 19.7 Å². The number of hydrogen-bond donors (Lipinski definition) is 1. The highest BCUT2D eigenvalue weighted by Gasteiger charge is 2.24. The van der Waals surface area contributed by atoms with E-state index in [1.807, 2.05) is 40.2 Å². The van der Waals surface area contributed by atoms with Gasteiger partial charge in [-0.2, -0.15) is 5.10 Å². The highest BCUT2D eigenvalue weighted by molar-refractivity contribution is 5.84. The Hall–Kier alpha value is -2.56. The number of benzene rings is 1. The molecule has 5 nitrogen and oxygen atoms in total. The quantitative estimate of drug-likeness (QED) is 0.802. The molecule has 3 aromatic rings. The molecule has 4 rings (SSSR count). The molecule has 0 spiro atoms. The zero-order chi connectivity index (χ0) is 16.4. The number of aryl methyl sites for hydroxylation is 1. The van der Waals surface area contributed by atoms with Crippen molar-refractivity contribution in [2.45, 2.75) is 31.7 Å². The van der Waals surface area contributed by atoms with Gasteiger partial charge in [0.25, 0.3) is 0 Å². The number of aromatic nitrogens is 3. The fourth-order valence-electron chi connectivity index (χ4n) is 3.63. The molecule has 1 aliphatic rings. The molecular formula is C19H22N4O. The topological polar surface area (TPSA) is 53.9 Å². The van der Waals surface area contributed by atoms with E-state index in [2.05, 4.69) is 22.2 Å². The molecular weight excluding hydrogens is 300 g/mol. The van der Waals surface area contributed by atoms with Crippen molar-refractivity contribution in [3.05, 3.63) is 54.5 Å². The van der Waals surface area contributed by atoms with E-state index in [4.69, 9.17) is 0 Å². The molecule has 5 heteroatoms. The minimum atomic E-state index is 0.247. The third-order valence-corrected chi connectivity index (χ3v) is 4.93. The van der Waals surface area contributed by atoms with Crippen LogP contribution in [-0.4, -0.2) is 38.7 Å². The van der Waals surface area contributed by atoms with E-state index in [0.29, 0.717) is 12.5 Å². The van der Waals surface area contributed by atoms with Crippen molar-refractivity contribution in [1.29, 1.82) is 0 Å². The molecule has 0 saturated carbocycles. The van der Waals surface area contributed by atoms with Crippen LogP contribution in [0.4, 0.5) is 0 Å². The predicted molar refractivity (Wildman–Crippen MR) is 93.7 cm³/mol. The summed E-state index contributed by atoms with van der Waals surface area (Å²) in [4.78, 5) is 17.9. The Morgan fingerprint density at radius 1 is 1.29 bits per heavy atom. The number of para-hydroxylation sites is 1. The Morgan fingerprint density at radius 3 is 3.08 bits per heavy atom. The molecule has 2 aromatic heterocycles. The number of hydrogen-bond acceptors (Lipinski definition) is 2. The van der Waals surface area contributed by atoms with Gasteiger partial charge in [-0.3, -0.25) is 9.48 Å². The normalized spacial score (nSPS) is 18.2. The molecule has 1 amide bonds. The second kappa shape index (κ2) is 6.51. The third-order valence-electron chi connectivity index (χ3n) is 4.93. The summed E-state index contributed by atoms with van der Waals surface area (Å²) in [6.07, 6.45) is 9.31. The van der Waals surface area contributed by atoms with E-state index < -0.39 is 0 Å². The summed E-state index contributed by atoms with van der Waals surface area (Å²) < 4.78 is 1.99. The van der Waals surface area contributed by atoms with E-state index in [9.17, 15) is 4.79 Å². The zero-order valence-electron chi connectivity index (χ0n) is 13.7. The van der Waals surface area contributed by atoms with Crippen LogP contribution in [0.5, 0.6) is 0 Å².